The van der Waals surface area contributed by atoms with Crippen LogP contribution in [-0.2, 0) is 16.0 Å². The number of carboxylic acid groups (broad SMARTS) is 1. The van der Waals surface area contributed by atoms with Crippen LogP contribution in [0.25, 0.3) is 11.0 Å². The van der Waals surface area contributed by atoms with E-state index in [0.29, 0.717) is 30.7 Å². The van der Waals surface area contributed by atoms with Crippen molar-refractivity contribution < 1.29 is 19.4 Å². The lowest BCUT2D eigenvalue weighted by Gasteiger charge is -2.26. The summed E-state index contributed by atoms with van der Waals surface area (Å²) in [5, 5.41) is 9.31. The minimum absolute atomic E-state index is 0.0935. The highest BCUT2D eigenvalue weighted by Crippen LogP contribution is 2.26. The van der Waals surface area contributed by atoms with Crippen LogP contribution < -0.4 is 5.69 Å². The molecule has 1 fully saturated rings. The Morgan fingerprint density at radius 2 is 2.38 bits per heavy atom. The van der Waals surface area contributed by atoms with Gasteiger partial charge in [0, 0.05) is 20.1 Å². The second kappa shape index (κ2) is 5.01. The number of para-hydroxylation sites is 1. The third-order valence-electron chi connectivity index (χ3n) is 3.97. The van der Waals surface area contributed by atoms with E-state index in [4.69, 9.17) is 9.47 Å². The standard InChI is InChI=1S/C14H16N2O5/c1-20-14(5-6-21-8-14)7-16-11-9(12(17)18)3-2-4-10(11)15-13(16)19/h2-4H,5-8H2,1H3,(H,15,19)(H,17,18). The number of imidazole rings is 1. The average molecular weight is 292 g/mol. The summed E-state index contributed by atoms with van der Waals surface area (Å²) in [5.41, 5.74) is 0.0475. The molecule has 0 bridgehead atoms. The molecule has 21 heavy (non-hydrogen) atoms. The van der Waals surface area contributed by atoms with E-state index in [1.807, 2.05) is 0 Å². The first-order chi connectivity index (χ1) is 10.1. The highest BCUT2D eigenvalue weighted by molar-refractivity contribution is 6.01. The third-order valence-corrected chi connectivity index (χ3v) is 3.97. The van der Waals surface area contributed by atoms with Crippen molar-refractivity contribution in [2.45, 2.75) is 18.6 Å². The molecule has 7 nitrogen and oxygen atoms in total. The third kappa shape index (κ3) is 2.24. The molecular weight excluding hydrogens is 276 g/mol. The number of aromatic nitrogens is 2. The SMILES string of the molecule is COC1(Cn2c(=O)[nH]c3cccc(C(=O)O)c32)CCOC1. The maximum Gasteiger partial charge on any atom is 0.337 e. The van der Waals surface area contributed by atoms with Gasteiger partial charge in [0.1, 0.15) is 5.60 Å². The molecule has 2 heterocycles. The van der Waals surface area contributed by atoms with Crippen LogP contribution >= 0.6 is 0 Å². The second-order valence-corrected chi connectivity index (χ2v) is 5.21. The maximum absolute atomic E-state index is 12.2. The summed E-state index contributed by atoms with van der Waals surface area (Å²) in [6.07, 6.45) is 0.665. The van der Waals surface area contributed by atoms with E-state index in [0.717, 1.165) is 0 Å². The van der Waals surface area contributed by atoms with Crippen LogP contribution in [-0.4, -0.2) is 46.6 Å². The van der Waals surface area contributed by atoms with Crippen LogP contribution in [0.2, 0.25) is 0 Å². The van der Waals surface area contributed by atoms with E-state index in [1.165, 1.54) is 10.6 Å². The molecule has 112 valence electrons. The Kier molecular flexibility index (Phi) is 3.30. The van der Waals surface area contributed by atoms with Crippen LogP contribution in [0.4, 0.5) is 0 Å². The number of methoxy groups -OCH3 is 1. The van der Waals surface area contributed by atoms with Gasteiger partial charge < -0.3 is 19.6 Å². The summed E-state index contributed by atoms with van der Waals surface area (Å²) in [6.45, 7) is 1.21. The van der Waals surface area contributed by atoms with E-state index >= 15 is 0 Å². The molecule has 0 spiro atoms. The zero-order chi connectivity index (χ0) is 15.0. The molecule has 3 rings (SSSR count). The number of aromatic carboxylic acids is 1. The fourth-order valence-electron chi connectivity index (χ4n) is 2.77. The summed E-state index contributed by atoms with van der Waals surface area (Å²) in [6, 6.07) is 4.78. The van der Waals surface area contributed by atoms with Gasteiger partial charge in [-0.2, -0.15) is 0 Å². The molecule has 0 saturated carbocycles. The van der Waals surface area contributed by atoms with Gasteiger partial charge in [-0.1, -0.05) is 6.07 Å². The van der Waals surface area contributed by atoms with Crippen molar-refractivity contribution in [1.29, 1.82) is 0 Å². The number of carbonyl (C=O) groups is 1. The lowest BCUT2D eigenvalue weighted by Crippen LogP contribution is -2.40. The van der Waals surface area contributed by atoms with E-state index < -0.39 is 11.6 Å². The molecule has 0 amide bonds. The van der Waals surface area contributed by atoms with Crippen LogP contribution in [0.1, 0.15) is 16.8 Å². The molecule has 1 aliphatic heterocycles. The number of fused-ring (bicyclic) bond motifs is 1. The van der Waals surface area contributed by atoms with Gasteiger partial charge in [-0.25, -0.2) is 9.59 Å². The first-order valence-corrected chi connectivity index (χ1v) is 6.64. The van der Waals surface area contributed by atoms with Gasteiger partial charge in [-0.05, 0) is 12.1 Å². The Labute approximate surface area is 120 Å². The Bertz CT molecular complexity index is 739. The Hall–Kier alpha value is -2.12. The molecule has 7 heteroatoms. The van der Waals surface area contributed by atoms with E-state index in [1.54, 1.807) is 19.2 Å². The molecule has 2 aromatic rings. The first kappa shape index (κ1) is 13.8. The normalized spacial score (nSPS) is 22.0. The number of hydrogen-bond acceptors (Lipinski definition) is 4. The highest BCUT2D eigenvalue weighted by Gasteiger charge is 2.36. The molecule has 1 saturated heterocycles. The minimum Gasteiger partial charge on any atom is -0.478 e. The first-order valence-electron chi connectivity index (χ1n) is 6.64. The maximum atomic E-state index is 12.2. The molecule has 0 radical (unpaired) electrons. The van der Waals surface area contributed by atoms with Gasteiger partial charge in [-0.3, -0.25) is 4.57 Å². The number of ether oxygens (including phenoxy) is 2. The quantitative estimate of drug-likeness (QED) is 0.870. The molecule has 1 atom stereocenters. The number of nitrogens with zero attached hydrogens (tertiary/aromatic N) is 1. The monoisotopic (exact) mass is 292 g/mol. The average Bonchev–Trinajstić information content (AvgIpc) is 3.05. The van der Waals surface area contributed by atoms with Crippen molar-refractivity contribution >= 4 is 17.0 Å². The van der Waals surface area contributed by atoms with Gasteiger partial charge >= 0.3 is 11.7 Å². The summed E-state index contributed by atoms with van der Waals surface area (Å²) >= 11 is 0. The number of aromatic amines is 1. The van der Waals surface area contributed by atoms with E-state index in [2.05, 4.69) is 4.98 Å². The molecule has 2 N–H and O–H groups in total. The topological polar surface area (TPSA) is 93.6 Å². The molecule has 1 aromatic heterocycles. The fraction of sp³-hybridized carbons (Fsp3) is 0.429. The molecule has 0 aliphatic carbocycles. The summed E-state index contributed by atoms with van der Waals surface area (Å²) in [4.78, 5) is 26.2. The molecular formula is C14H16N2O5. The molecule has 1 aromatic carbocycles. The Balaban J connectivity index is 2.16. The number of H-pyrrole nitrogens is 1. The minimum atomic E-state index is -1.07. The van der Waals surface area contributed by atoms with Gasteiger partial charge in [0.2, 0.25) is 0 Å². The lowest BCUT2D eigenvalue weighted by molar-refractivity contribution is -0.0293. The summed E-state index contributed by atoms with van der Waals surface area (Å²) in [5.74, 6) is -1.07. The molecule has 1 unspecified atom stereocenters. The molecule has 1 aliphatic rings. The van der Waals surface area contributed by atoms with Crippen molar-refractivity contribution in [1.82, 2.24) is 9.55 Å². The van der Waals surface area contributed by atoms with Crippen LogP contribution in [0.3, 0.4) is 0 Å². The van der Waals surface area contributed by atoms with Gasteiger partial charge in [0.25, 0.3) is 0 Å². The van der Waals surface area contributed by atoms with Crippen molar-refractivity contribution in [3.63, 3.8) is 0 Å². The van der Waals surface area contributed by atoms with Crippen LogP contribution in [0.15, 0.2) is 23.0 Å². The zero-order valence-corrected chi connectivity index (χ0v) is 11.6. The number of nitrogens with one attached hydrogen (secondary N) is 1. The Morgan fingerprint density at radius 3 is 3.00 bits per heavy atom. The second-order valence-electron chi connectivity index (χ2n) is 5.21. The van der Waals surface area contributed by atoms with Gasteiger partial charge in [0.15, 0.2) is 0 Å². The van der Waals surface area contributed by atoms with Gasteiger partial charge in [-0.15, -0.1) is 0 Å². The Morgan fingerprint density at radius 1 is 1.57 bits per heavy atom. The number of hydrogen-bond donors (Lipinski definition) is 2. The van der Waals surface area contributed by atoms with Crippen LogP contribution in [0, 0.1) is 0 Å². The summed E-state index contributed by atoms with van der Waals surface area (Å²) in [7, 11) is 1.58. The van der Waals surface area contributed by atoms with E-state index in [9.17, 15) is 14.7 Å². The lowest BCUT2D eigenvalue weighted by atomic mass is 10.0. The fourth-order valence-corrected chi connectivity index (χ4v) is 2.77. The number of rotatable bonds is 4. The van der Waals surface area contributed by atoms with E-state index in [-0.39, 0.29) is 17.8 Å². The number of benzene rings is 1. The predicted molar refractivity (Wildman–Crippen MR) is 74.7 cm³/mol. The van der Waals surface area contributed by atoms with Gasteiger partial charge in [0.05, 0.1) is 29.7 Å². The smallest absolute Gasteiger partial charge is 0.337 e. The number of carboxylic acids is 1. The summed E-state index contributed by atoms with van der Waals surface area (Å²) < 4.78 is 12.3. The largest absolute Gasteiger partial charge is 0.478 e. The zero-order valence-electron chi connectivity index (χ0n) is 11.6. The predicted octanol–water partition coefficient (Wildman–Crippen LogP) is 0.833. The van der Waals surface area contributed by atoms with Crippen molar-refractivity contribution in [3.05, 3.63) is 34.2 Å². The van der Waals surface area contributed by atoms with Crippen molar-refractivity contribution in [3.8, 4) is 0 Å². The van der Waals surface area contributed by atoms with Crippen molar-refractivity contribution in [2.75, 3.05) is 20.3 Å². The highest BCUT2D eigenvalue weighted by atomic mass is 16.5. The van der Waals surface area contributed by atoms with Crippen molar-refractivity contribution in [2.24, 2.45) is 0 Å². The van der Waals surface area contributed by atoms with Crippen LogP contribution in [0.5, 0.6) is 0 Å².